The maximum Gasteiger partial charge on any atom is 0.250 e. The maximum atomic E-state index is 10.2. The van der Waals surface area contributed by atoms with E-state index in [0.29, 0.717) is 11.9 Å². The van der Waals surface area contributed by atoms with Crippen molar-refractivity contribution in [2.75, 3.05) is 18.5 Å². The minimum Gasteiger partial charge on any atom is -0.365 e. The molecular formula is C8H15ClO4S. The Morgan fingerprint density at radius 1 is 1.29 bits per heavy atom. The number of thioether (sulfide) groups is 1. The van der Waals surface area contributed by atoms with Gasteiger partial charge >= 0.3 is 0 Å². The first-order chi connectivity index (χ1) is 6.42. The smallest absolute Gasteiger partial charge is 0.250 e. The van der Waals surface area contributed by atoms with Crippen molar-refractivity contribution in [2.45, 2.75) is 26.4 Å². The number of ether oxygens (including phenoxy) is 1. The van der Waals surface area contributed by atoms with Gasteiger partial charge in [-0.2, -0.15) is 0 Å². The van der Waals surface area contributed by atoms with E-state index in [1.54, 1.807) is 0 Å². The minimum absolute atomic E-state index is 0.153. The van der Waals surface area contributed by atoms with Crippen molar-refractivity contribution in [1.29, 1.82) is 0 Å². The Hall–Kier alpha value is 0.190. The van der Waals surface area contributed by atoms with Gasteiger partial charge in [-0.1, -0.05) is 0 Å². The van der Waals surface area contributed by atoms with Gasteiger partial charge in [0.1, 0.15) is 5.94 Å². The molecule has 0 aliphatic rings. The summed E-state index contributed by atoms with van der Waals surface area (Å²) in [6.07, 6.45) is 0. The fraction of sp³-hybridized carbons (Fsp3) is 0.875. The molecular weight excluding hydrogens is 228 g/mol. The zero-order valence-electron chi connectivity index (χ0n) is 8.54. The molecule has 6 heteroatoms. The van der Waals surface area contributed by atoms with E-state index in [-0.39, 0.29) is 12.2 Å². The van der Waals surface area contributed by atoms with Crippen LogP contribution >= 0.6 is 23.4 Å². The highest BCUT2D eigenvalue weighted by Gasteiger charge is 2.09. The highest BCUT2D eigenvalue weighted by atomic mass is 35.5. The van der Waals surface area contributed by atoms with Crippen LogP contribution < -0.4 is 0 Å². The molecule has 4 nitrogen and oxygen atoms in total. The largest absolute Gasteiger partial charge is 0.365 e. The predicted octanol–water partition coefficient (Wildman–Crippen LogP) is 2.16. The summed E-state index contributed by atoms with van der Waals surface area (Å²) in [7, 11) is 0. The Bertz CT molecular complexity index is 169. The van der Waals surface area contributed by atoms with Crippen molar-refractivity contribution < 1.29 is 19.3 Å². The molecule has 84 valence electrons. The van der Waals surface area contributed by atoms with Gasteiger partial charge in [0.15, 0.2) is 6.61 Å². The van der Waals surface area contributed by atoms with Gasteiger partial charge in [-0.05, 0) is 32.4 Å². The van der Waals surface area contributed by atoms with E-state index in [2.05, 4.69) is 9.78 Å². The number of halogens is 1. The summed E-state index contributed by atoms with van der Waals surface area (Å²) in [5.74, 6) is 0.821. The lowest BCUT2D eigenvalue weighted by atomic mass is 10.2. The SMILES string of the molecule is CC(C)(C)OCSCOOCC(=O)Cl. The molecule has 0 rings (SSSR count). The third-order valence-corrected chi connectivity index (χ3v) is 1.62. The molecule has 0 saturated heterocycles. The minimum atomic E-state index is -0.582. The number of carbonyl (C=O) groups is 1. The first-order valence-corrected chi connectivity index (χ1v) is 5.59. The van der Waals surface area contributed by atoms with Crippen LogP contribution in [0.3, 0.4) is 0 Å². The van der Waals surface area contributed by atoms with Crippen LogP contribution in [0.25, 0.3) is 0 Å². The molecule has 0 bridgehead atoms. The molecule has 0 aliphatic heterocycles. The average Bonchev–Trinajstić information content (AvgIpc) is 2.00. The fourth-order valence-corrected chi connectivity index (χ4v) is 1.09. The Kier molecular flexibility index (Phi) is 7.58. The van der Waals surface area contributed by atoms with Crippen molar-refractivity contribution in [3.05, 3.63) is 0 Å². The number of rotatable bonds is 7. The molecule has 14 heavy (non-hydrogen) atoms. The highest BCUT2D eigenvalue weighted by Crippen LogP contribution is 2.11. The zero-order chi connectivity index (χ0) is 11.0. The molecule has 0 atom stereocenters. The van der Waals surface area contributed by atoms with Gasteiger partial charge in [-0.15, -0.1) is 11.8 Å². The summed E-state index contributed by atoms with van der Waals surface area (Å²) in [5.41, 5.74) is -0.153. The van der Waals surface area contributed by atoms with Gasteiger partial charge in [0.25, 0.3) is 5.24 Å². The standard InChI is InChI=1S/C8H15ClO4S/c1-8(2,3)11-5-14-6-13-12-4-7(9)10/h4-6H2,1-3H3. The second-order valence-corrected chi connectivity index (χ2v) is 4.73. The maximum absolute atomic E-state index is 10.2. The lowest BCUT2D eigenvalue weighted by Crippen LogP contribution is -2.18. The number of hydrogen-bond acceptors (Lipinski definition) is 5. The molecule has 0 amide bonds. The topological polar surface area (TPSA) is 44.8 Å². The van der Waals surface area contributed by atoms with Crippen molar-refractivity contribution in [2.24, 2.45) is 0 Å². The Balaban J connectivity index is 3.11. The fourth-order valence-electron chi connectivity index (χ4n) is 0.409. The van der Waals surface area contributed by atoms with Crippen molar-refractivity contribution in [3.8, 4) is 0 Å². The second kappa shape index (κ2) is 7.48. The Labute approximate surface area is 93.2 Å². The van der Waals surface area contributed by atoms with Gasteiger partial charge < -0.3 is 4.74 Å². The monoisotopic (exact) mass is 242 g/mol. The summed E-state index contributed by atoms with van der Waals surface area (Å²) < 4.78 is 5.39. The Morgan fingerprint density at radius 2 is 1.93 bits per heavy atom. The zero-order valence-corrected chi connectivity index (χ0v) is 10.1. The van der Waals surface area contributed by atoms with Crippen LogP contribution in [-0.4, -0.2) is 29.3 Å². The molecule has 0 fully saturated rings. The molecule has 0 aromatic heterocycles. The number of hydrogen-bond donors (Lipinski definition) is 0. The van der Waals surface area contributed by atoms with Crippen LogP contribution in [0, 0.1) is 0 Å². The molecule has 0 aromatic rings. The number of carbonyl (C=O) groups excluding carboxylic acids is 1. The first-order valence-electron chi connectivity index (χ1n) is 4.06. The quantitative estimate of drug-likeness (QED) is 0.225. The average molecular weight is 243 g/mol. The van der Waals surface area contributed by atoms with Crippen LogP contribution in [-0.2, 0) is 19.3 Å². The molecule has 0 aromatic carbocycles. The predicted molar refractivity (Wildman–Crippen MR) is 56.1 cm³/mol. The van der Waals surface area contributed by atoms with Crippen molar-refractivity contribution in [3.63, 3.8) is 0 Å². The summed E-state index contributed by atoms with van der Waals surface area (Å²) in [4.78, 5) is 19.3. The summed E-state index contributed by atoms with van der Waals surface area (Å²) in [6.45, 7) is 5.67. The summed E-state index contributed by atoms with van der Waals surface area (Å²) in [5, 5.41) is -0.582. The van der Waals surface area contributed by atoms with Gasteiger partial charge in [0.2, 0.25) is 0 Å². The van der Waals surface area contributed by atoms with Gasteiger partial charge in [0.05, 0.1) is 11.5 Å². The third kappa shape index (κ3) is 12.2. The first kappa shape index (κ1) is 14.2. The Morgan fingerprint density at radius 3 is 2.43 bits per heavy atom. The van der Waals surface area contributed by atoms with Gasteiger partial charge in [-0.3, -0.25) is 4.79 Å². The van der Waals surface area contributed by atoms with Gasteiger partial charge in [0, 0.05) is 0 Å². The van der Waals surface area contributed by atoms with E-state index >= 15 is 0 Å². The summed E-state index contributed by atoms with van der Waals surface area (Å²) in [6, 6.07) is 0. The van der Waals surface area contributed by atoms with Crippen LogP contribution in [0.2, 0.25) is 0 Å². The van der Waals surface area contributed by atoms with E-state index in [9.17, 15) is 4.79 Å². The molecule has 0 N–H and O–H groups in total. The van der Waals surface area contributed by atoms with Crippen molar-refractivity contribution >= 4 is 28.6 Å². The van der Waals surface area contributed by atoms with Crippen LogP contribution in [0.1, 0.15) is 20.8 Å². The highest BCUT2D eigenvalue weighted by molar-refractivity contribution is 7.98. The molecule has 0 heterocycles. The molecule has 0 spiro atoms. The lowest BCUT2D eigenvalue weighted by molar-refractivity contribution is -0.271. The van der Waals surface area contributed by atoms with Gasteiger partial charge in [-0.25, -0.2) is 9.78 Å². The second-order valence-electron chi connectivity index (χ2n) is 3.43. The van der Waals surface area contributed by atoms with E-state index in [1.807, 2.05) is 20.8 Å². The molecule has 0 unspecified atom stereocenters. The van der Waals surface area contributed by atoms with Crippen molar-refractivity contribution in [1.82, 2.24) is 0 Å². The van der Waals surface area contributed by atoms with E-state index in [4.69, 9.17) is 16.3 Å². The van der Waals surface area contributed by atoms with E-state index in [0.717, 1.165) is 0 Å². The third-order valence-electron chi connectivity index (χ3n) is 0.962. The molecule has 0 aliphatic carbocycles. The van der Waals surface area contributed by atoms with E-state index in [1.165, 1.54) is 11.8 Å². The van der Waals surface area contributed by atoms with Crippen LogP contribution in [0.5, 0.6) is 0 Å². The lowest BCUT2D eigenvalue weighted by Gasteiger charge is -2.18. The normalized spacial score (nSPS) is 11.7. The van der Waals surface area contributed by atoms with Crippen LogP contribution in [0.4, 0.5) is 0 Å². The molecule has 0 radical (unpaired) electrons. The van der Waals surface area contributed by atoms with Crippen LogP contribution in [0.15, 0.2) is 0 Å². The summed E-state index contributed by atoms with van der Waals surface area (Å²) >= 11 is 6.41. The van der Waals surface area contributed by atoms with E-state index < -0.39 is 5.24 Å². The molecule has 0 saturated carbocycles.